The minimum absolute atomic E-state index is 0.0466. The highest BCUT2D eigenvalue weighted by atomic mass is 16.7. The molecule has 0 radical (unpaired) electrons. The van der Waals surface area contributed by atoms with Crippen molar-refractivity contribution in [1.82, 2.24) is 5.32 Å². The molecule has 0 aromatic heterocycles. The molecule has 0 unspecified atom stereocenters. The number of rotatable bonds is 10. The largest absolute Gasteiger partial charge is 0.467 e. The van der Waals surface area contributed by atoms with E-state index in [-0.39, 0.29) is 39.0 Å². The van der Waals surface area contributed by atoms with Gasteiger partial charge in [-0.15, -0.1) is 0 Å². The Hall–Kier alpha value is -1.43. The van der Waals surface area contributed by atoms with Gasteiger partial charge in [0, 0.05) is 12.5 Å². The summed E-state index contributed by atoms with van der Waals surface area (Å²) in [6, 6.07) is -2.20. The maximum absolute atomic E-state index is 12.4. The van der Waals surface area contributed by atoms with Crippen molar-refractivity contribution in [3.63, 3.8) is 0 Å². The highest BCUT2D eigenvalue weighted by molar-refractivity contribution is 5.80. The van der Waals surface area contributed by atoms with E-state index in [2.05, 4.69) is 5.32 Å². The van der Waals surface area contributed by atoms with Gasteiger partial charge >= 0.3 is 0 Å². The van der Waals surface area contributed by atoms with E-state index in [4.69, 9.17) is 41.9 Å². The van der Waals surface area contributed by atoms with Gasteiger partial charge in [0.25, 0.3) is 0 Å². The number of carbonyl (C=O) groups excluding carboxylic acids is 1. The number of nitrogens with one attached hydrogen (secondary N) is 1. The predicted octanol–water partition coefficient (Wildman–Crippen LogP) is -4.57. The standard InChI is InChI=1S/C21H39N5O9/c22-4-3-14(28)19(31)26-13-6-12(25)17(34-20-11(24)2-1-9(7-23)32-20)18(16(13)30)35-21-15(29)5-10(8-27)33-21/h1,10-18,20-21,27-30H,2-8,22-25H2,(H,26,31)/t10-,11+,12-,13+,14-,15+,16-,17+,18+,20+,21-/m0/s1. The molecule has 1 saturated carbocycles. The average molecular weight is 506 g/mol. The van der Waals surface area contributed by atoms with Crippen LogP contribution in [0.2, 0.25) is 0 Å². The third-order valence-corrected chi connectivity index (χ3v) is 6.46. The second-order valence-electron chi connectivity index (χ2n) is 9.17. The number of carbonyl (C=O) groups is 1. The summed E-state index contributed by atoms with van der Waals surface area (Å²) in [6.07, 6.45) is -6.19. The van der Waals surface area contributed by atoms with Crippen LogP contribution in [0.15, 0.2) is 11.8 Å². The van der Waals surface area contributed by atoms with Crippen LogP contribution in [0.3, 0.4) is 0 Å². The van der Waals surface area contributed by atoms with Crippen LogP contribution in [-0.2, 0) is 23.7 Å². The second kappa shape index (κ2) is 12.7. The van der Waals surface area contributed by atoms with E-state index >= 15 is 0 Å². The molecule has 1 amide bonds. The quantitative estimate of drug-likeness (QED) is 0.136. The molecule has 3 aliphatic rings. The Kier molecular flexibility index (Phi) is 10.2. The van der Waals surface area contributed by atoms with Crippen LogP contribution < -0.4 is 28.3 Å². The first-order chi connectivity index (χ1) is 16.7. The van der Waals surface area contributed by atoms with Crippen LogP contribution in [0, 0.1) is 0 Å². The number of ether oxygens (including phenoxy) is 4. The van der Waals surface area contributed by atoms with Crippen LogP contribution in [-0.4, -0.2) is 113 Å². The van der Waals surface area contributed by atoms with Crippen LogP contribution in [0.5, 0.6) is 0 Å². The summed E-state index contributed by atoms with van der Waals surface area (Å²) in [4.78, 5) is 12.4. The van der Waals surface area contributed by atoms with Crippen LogP contribution >= 0.6 is 0 Å². The molecule has 13 N–H and O–H groups in total. The molecule has 2 aliphatic heterocycles. The summed E-state index contributed by atoms with van der Waals surface area (Å²) in [5, 5.41) is 43.4. The summed E-state index contributed by atoms with van der Waals surface area (Å²) in [7, 11) is 0. The van der Waals surface area contributed by atoms with Gasteiger partial charge in [0.1, 0.15) is 36.3 Å². The van der Waals surface area contributed by atoms with Gasteiger partial charge < -0.3 is 67.6 Å². The number of hydrogen-bond donors (Lipinski definition) is 9. The Morgan fingerprint density at radius 1 is 1.14 bits per heavy atom. The monoisotopic (exact) mass is 505 g/mol. The smallest absolute Gasteiger partial charge is 0.249 e. The van der Waals surface area contributed by atoms with E-state index in [0.29, 0.717) is 12.2 Å². The molecule has 0 aromatic carbocycles. The van der Waals surface area contributed by atoms with E-state index < -0.39 is 73.2 Å². The van der Waals surface area contributed by atoms with Gasteiger partial charge in [0.15, 0.2) is 6.29 Å². The van der Waals surface area contributed by atoms with Gasteiger partial charge in [0.2, 0.25) is 12.2 Å². The molecule has 35 heavy (non-hydrogen) atoms. The third-order valence-electron chi connectivity index (χ3n) is 6.46. The number of aliphatic hydroxyl groups excluding tert-OH is 4. The summed E-state index contributed by atoms with van der Waals surface area (Å²) in [5.41, 5.74) is 23.6. The molecule has 14 nitrogen and oxygen atoms in total. The zero-order valence-electron chi connectivity index (χ0n) is 19.5. The van der Waals surface area contributed by atoms with Crippen molar-refractivity contribution in [2.24, 2.45) is 22.9 Å². The molecule has 2 heterocycles. The number of hydrogen-bond acceptors (Lipinski definition) is 13. The predicted molar refractivity (Wildman–Crippen MR) is 121 cm³/mol. The third kappa shape index (κ3) is 6.87. The minimum Gasteiger partial charge on any atom is -0.467 e. The molecule has 1 aliphatic carbocycles. The van der Waals surface area contributed by atoms with E-state index in [0.717, 1.165) is 0 Å². The molecule has 11 atom stereocenters. The Balaban J connectivity index is 1.78. The molecule has 202 valence electrons. The van der Waals surface area contributed by atoms with Gasteiger partial charge in [-0.05, 0) is 31.9 Å². The van der Waals surface area contributed by atoms with Gasteiger partial charge in [-0.1, -0.05) is 0 Å². The van der Waals surface area contributed by atoms with Crippen molar-refractivity contribution in [3.8, 4) is 0 Å². The number of aliphatic hydroxyl groups is 4. The van der Waals surface area contributed by atoms with E-state index in [1.165, 1.54) is 0 Å². The van der Waals surface area contributed by atoms with E-state index in [9.17, 15) is 25.2 Å². The maximum Gasteiger partial charge on any atom is 0.249 e. The number of amides is 1. The summed E-state index contributed by atoms with van der Waals surface area (Å²) >= 11 is 0. The van der Waals surface area contributed by atoms with Crippen molar-refractivity contribution in [2.45, 2.75) is 93.0 Å². The Morgan fingerprint density at radius 3 is 2.49 bits per heavy atom. The van der Waals surface area contributed by atoms with E-state index in [1.54, 1.807) is 6.08 Å². The Labute approximate surface area is 203 Å². The molecule has 0 bridgehead atoms. The highest BCUT2D eigenvalue weighted by Crippen LogP contribution is 2.32. The minimum atomic E-state index is -1.36. The number of nitrogens with two attached hydrogens (primary N) is 4. The van der Waals surface area contributed by atoms with Gasteiger partial charge in [-0.25, -0.2) is 0 Å². The van der Waals surface area contributed by atoms with Gasteiger partial charge in [-0.2, -0.15) is 0 Å². The summed E-state index contributed by atoms with van der Waals surface area (Å²) in [5.74, 6) is -0.212. The molecule has 1 saturated heterocycles. The van der Waals surface area contributed by atoms with Crippen molar-refractivity contribution < 1.29 is 44.2 Å². The zero-order chi connectivity index (χ0) is 25.7. The van der Waals surface area contributed by atoms with Gasteiger partial charge in [0.05, 0.1) is 31.3 Å². The normalized spacial score (nSPS) is 40.6. The lowest BCUT2D eigenvalue weighted by molar-refractivity contribution is -0.273. The first-order valence-electron chi connectivity index (χ1n) is 11.9. The van der Waals surface area contributed by atoms with Crippen molar-refractivity contribution in [2.75, 3.05) is 19.7 Å². The fourth-order valence-corrected chi connectivity index (χ4v) is 4.47. The van der Waals surface area contributed by atoms with Gasteiger partial charge in [-0.3, -0.25) is 4.79 Å². The van der Waals surface area contributed by atoms with Crippen LogP contribution in [0.25, 0.3) is 0 Å². The summed E-state index contributed by atoms with van der Waals surface area (Å²) in [6.45, 7) is -0.0667. The van der Waals surface area contributed by atoms with E-state index in [1.807, 2.05) is 0 Å². The van der Waals surface area contributed by atoms with Crippen molar-refractivity contribution in [3.05, 3.63) is 11.8 Å². The molecule has 0 aromatic rings. The molecule has 3 rings (SSSR count). The maximum atomic E-state index is 12.4. The SMILES string of the molecule is NCC[C@H](O)C(=O)N[C@@H]1C[C@H](N)[C@@H](O[C@H]2OC(CN)=CC[C@H]2N)[C@H](O[C@@H]2O[C@H](CO)C[C@H]2O)[C@H]1O. The lowest BCUT2D eigenvalue weighted by Crippen LogP contribution is -2.66. The lowest BCUT2D eigenvalue weighted by atomic mass is 9.83. The van der Waals surface area contributed by atoms with Crippen molar-refractivity contribution in [1.29, 1.82) is 0 Å². The summed E-state index contributed by atoms with van der Waals surface area (Å²) < 4.78 is 23.3. The Morgan fingerprint density at radius 2 is 1.86 bits per heavy atom. The Bertz CT molecular complexity index is 731. The fraction of sp³-hybridized carbons (Fsp3) is 0.857. The molecule has 2 fully saturated rings. The van der Waals surface area contributed by atoms with Crippen LogP contribution in [0.1, 0.15) is 25.7 Å². The zero-order valence-corrected chi connectivity index (χ0v) is 19.5. The first kappa shape index (κ1) is 28.1. The lowest BCUT2D eigenvalue weighted by Gasteiger charge is -2.46. The molecular formula is C21H39N5O9. The molecular weight excluding hydrogens is 466 g/mol. The molecule has 0 spiro atoms. The van der Waals surface area contributed by atoms with Crippen LogP contribution in [0.4, 0.5) is 0 Å². The first-order valence-corrected chi connectivity index (χ1v) is 11.9. The topological polar surface area (TPSA) is 251 Å². The fourth-order valence-electron chi connectivity index (χ4n) is 4.47. The highest BCUT2D eigenvalue weighted by Gasteiger charge is 2.49. The van der Waals surface area contributed by atoms with Crippen molar-refractivity contribution >= 4 is 5.91 Å². The molecule has 14 heteroatoms. The second-order valence-corrected chi connectivity index (χ2v) is 9.17. The average Bonchev–Trinajstić information content (AvgIpc) is 3.19.